The topological polar surface area (TPSA) is 114 Å². The summed E-state index contributed by atoms with van der Waals surface area (Å²) in [5.41, 5.74) is 0.953. The van der Waals surface area contributed by atoms with Crippen LogP contribution in [0, 0.1) is 0 Å². The first-order valence-corrected chi connectivity index (χ1v) is 10.2. The van der Waals surface area contributed by atoms with Crippen LogP contribution in [0.5, 0.6) is 0 Å². The lowest BCUT2D eigenvalue weighted by molar-refractivity contribution is 0.0600. The van der Waals surface area contributed by atoms with E-state index in [9.17, 15) is 18.0 Å². The van der Waals surface area contributed by atoms with Gasteiger partial charge in [-0.3, -0.25) is 10.1 Å². The third-order valence-corrected chi connectivity index (χ3v) is 5.26. The minimum atomic E-state index is -3.63. The fourth-order valence-electron chi connectivity index (χ4n) is 2.21. The number of benzene rings is 2. The van der Waals surface area contributed by atoms with Crippen molar-refractivity contribution in [2.75, 3.05) is 19.0 Å². The van der Waals surface area contributed by atoms with Crippen molar-refractivity contribution in [3.05, 3.63) is 72.3 Å². The van der Waals surface area contributed by atoms with Crippen LogP contribution in [0.2, 0.25) is 0 Å². The highest BCUT2D eigenvalue weighted by Crippen LogP contribution is 2.14. The quantitative estimate of drug-likeness (QED) is 0.348. The summed E-state index contributed by atoms with van der Waals surface area (Å²) in [7, 11) is -2.38. The molecule has 0 unspecified atom stereocenters. The van der Waals surface area contributed by atoms with Crippen LogP contribution in [0.25, 0.3) is 0 Å². The molecule has 1 amide bonds. The maximum absolute atomic E-state index is 12.3. The van der Waals surface area contributed by atoms with Crippen LogP contribution in [0.4, 0.5) is 5.69 Å². The lowest BCUT2D eigenvalue weighted by Crippen LogP contribution is -2.34. The third kappa shape index (κ3) is 6.21. The monoisotopic (exact) mass is 433 g/mol. The van der Waals surface area contributed by atoms with Gasteiger partial charge in [0, 0.05) is 17.8 Å². The van der Waals surface area contributed by atoms with Gasteiger partial charge < -0.3 is 10.1 Å². The molecule has 0 saturated heterocycles. The Bertz CT molecular complexity index is 1030. The van der Waals surface area contributed by atoms with E-state index >= 15 is 0 Å². The zero-order chi connectivity index (χ0) is 21.4. The maximum Gasteiger partial charge on any atom is 0.337 e. The normalized spacial score (nSPS) is 10.7. The van der Waals surface area contributed by atoms with Crippen molar-refractivity contribution in [2.45, 2.75) is 4.90 Å². The van der Waals surface area contributed by atoms with Crippen molar-refractivity contribution in [3.8, 4) is 0 Å². The van der Waals surface area contributed by atoms with E-state index in [1.165, 1.54) is 55.7 Å². The molecule has 2 aromatic carbocycles. The highest BCUT2D eigenvalue weighted by Gasteiger charge is 2.14. The Morgan fingerprint density at radius 3 is 2.41 bits per heavy atom. The largest absolute Gasteiger partial charge is 0.465 e. The summed E-state index contributed by atoms with van der Waals surface area (Å²) in [6.45, 7) is 3.58. The number of sulfonamides is 1. The third-order valence-electron chi connectivity index (χ3n) is 3.61. The van der Waals surface area contributed by atoms with Crippen LogP contribution < -0.4 is 15.4 Å². The van der Waals surface area contributed by atoms with E-state index in [-0.39, 0.29) is 27.7 Å². The molecule has 10 heteroatoms. The second-order valence-corrected chi connectivity index (χ2v) is 7.82. The van der Waals surface area contributed by atoms with E-state index in [1.54, 1.807) is 6.07 Å². The van der Waals surface area contributed by atoms with E-state index in [2.05, 4.69) is 26.7 Å². The molecule has 0 radical (unpaired) electrons. The first kappa shape index (κ1) is 22.2. The lowest BCUT2D eigenvalue weighted by Gasteiger charge is -2.11. The molecule has 0 bridgehead atoms. The van der Waals surface area contributed by atoms with Gasteiger partial charge in [-0.2, -0.15) is 0 Å². The fourth-order valence-corrected chi connectivity index (χ4v) is 3.42. The number of carbonyl (C=O) groups excluding carboxylic acids is 2. The summed E-state index contributed by atoms with van der Waals surface area (Å²) in [5, 5.41) is 5.29. The van der Waals surface area contributed by atoms with Gasteiger partial charge in [0.2, 0.25) is 10.0 Å². The van der Waals surface area contributed by atoms with Gasteiger partial charge >= 0.3 is 5.97 Å². The van der Waals surface area contributed by atoms with Crippen LogP contribution in [-0.4, -0.2) is 39.1 Å². The Labute approximate surface area is 174 Å². The van der Waals surface area contributed by atoms with Gasteiger partial charge in [-0.05, 0) is 54.7 Å². The highest BCUT2D eigenvalue weighted by molar-refractivity contribution is 7.89. The standard InChI is InChI=1S/C19H19N3O5S2/c1-3-11-20-29(25,26)16-9-7-15(8-10-16)21-19(28)22-17(23)13-5-4-6-14(12-13)18(24)27-2/h3-10,12,20H,1,11H2,2H3,(H2,21,22,23,28). The molecule has 2 rings (SSSR count). The van der Waals surface area contributed by atoms with Crippen molar-refractivity contribution in [1.29, 1.82) is 0 Å². The smallest absolute Gasteiger partial charge is 0.337 e. The fraction of sp³-hybridized carbons (Fsp3) is 0.105. The van der Waals surface area contributed by atoms with Crippen LogP contribution in [0.3, 0.4) is 0 Å². The average molecular weight is 434 g/mol. The molecule has 0 heterocycles. The maximum atomic E-state index is 12.3. The number of hydrogen-bond donors (Lipinski definition) is 3. The van der Waals surface area contributed by atoms with E-state index in [1.807, 2.05) is 0 Å². The number of anilines is 1. The molecular formula is C19H19N3O5S2. The van der Waals surface area contributed by atoms with Crippen LogP contribution in [0.15, 0.2) is 66.1 Å². The molecule has 8 nitrogen and oxygen atoms in total. The van der Waals surface area contributed by atoms with Gasteiger partial charge in [-0.1, -0.05) is 12.1 Å². The molecule has 29 heavy (non-hydrogen) atoms. The van der Waals surface area contributed by atoms with Gasteiger partial charge in [0.25, 0.3) is 5.91 Å². The van der Waals surface area contributed by atoms with Crippen molar-refractivity contribution in [2.24, 2.45) is 0 Å². The number of thiocarbonyl (C=S) groups is 1. The van der Waals surface area contributed by atoms with Crippen molar-refractivity contribution >= 4 is 44.9 Å². The second-order valence-electron chi connectivity index (χ2n) is 5.65. The van der Waals surface area contributed by atoms with Gasteiger partial charge in [0.15, 0.2) is 5.11 Å². The number of hydrogen-bond acceptors (Lipinski definition) is 6. The SMILES string of the molecule is C=CCNS(=O)(=O)c1ccc(NC(=S)NC(=O)c2cccc(C(=O)OC)c2)cc1. The average Bonchev–Trinajstić information content (AvgIpc) is 2.72. The number of carbonyl (C=O) groups is 2. The number of methoxy groups -OCH3 is 1. The molecule has 152 valence electrons. The van der Waals surface area contributed by atoms with Crippen LogP contribution >= 0.6 is 12.2 Å². The molecule has 0 aromatic heterocycles. The number of nitrogens with one attached hydrogen (secondary N) is 3. The van der Waals surface area contributed by atoms with Gasteiger partial charge in [0.05, 0.1) is 17.6 Å². The number of amides is 1. The molecule has 0 saturated carbocycles. The van der Waals surface area contributed by atoms with Crippen molar-refractivity contribution in [1.82, 2.24) is 10.0 Å². The van der Waals surface area contributed by atoms with E-state index in [0.717, 1.165) is 0 Å². The number of esters is 1. The summed E-state index contributed by atoms with van der Waals surface area (Å²) in [6, 6.07) is 11.8. The first-order chi connectivity index (χ1) is 13.8. The van der Waals surface area contributed by atoms with E-state index in [4.69, 9.17) is 12.2 Å². The van der Waals surface area contributed by atoms with Gasteiger partial charge in [-0.15, -0.1) is 6.58 Å². The molecule has 0 aliphatic carbocycles. The molecular weight excluding hydrogens is 414 g/mol. The Kier molecular flexibility index (Phi) is 7.59. The second kappa shape index (κ2) is 9.92. The predicted octanol–water partition coefficient (Wildman–Crippen LogP) is 2.06. The number of ether oxygens (including phenoxy) is 1. The predicted molar refractivity (Wildman–Crippen MR) is 113 cm³/mol. The molecule has 0 aliphatic rings. The minimum Gasteiger partial charge on any atom is -0.465 e. The van der Waals surface area contributed by atoms with E-state index < -0.39 is 21.9 Å². The zero-order valence-corrected chi connectivity index (χ0v) is 17.1. The first-order valence-electron chi connectivity index (χ1n) is 8.28. The Balaban J connectivity index is 2.01. The van der Waals surface area contributed by atoms with Crippen LogP contribution in [-0.2, 0) is 14.8 Å². The summed E-state index contributed by atoms with van der Waals surface area (Å²) in [5.74, 6) is -1.07. The summed E-state index contributed by atoms with van der Waals surface area (Å²) < 4.78 is 31.0. The molecule has 0 spiro atoms. The van der Waals surface area contributed by atoms with Gasteiger partial charge in [-0.25, -0.2) is 17.9 Å². The van der Waals surface area contributed by atoms with Crippen molar-refractivity contribution in [3.63, 3.8) is 0 Å². The molecule has 3 N–H and O–H groups in total. The highest BCUT2D eigenvalue weighted by atomic mass is 32.2. The van der Waals surface area contributed by atoms with Crippen LogP contribution in [0.1, 0.15) is 20.7 Å². The molecule has 0 fully saturated rings. The zero-order valence-electron chi connectivity index (χ0n) is 15.5. The Morgan fingerprint density at radius 2 is 1.79 bits per heavy atom. The summed E-state index contributed by atoms with van der Waals surface area (Å²) in [4.78, 5) is 24.0. The molecule has 0 aliphatic heterocycles. The minimum absolute atomic E-state index is 0.0128. The summed E-state index contributed by atoms with van der Waals surface area (Å²) in [6.07, 6.45) is 1.44. The van der Waals surface area contributed by atoms with E-state index in [0.29, 0.717) is 5.69 Å². The molecule has 0 atom stereocenters. The number of rotatable bonds is 7. The Morgan fingerprint density at radius 1 is 1.14 bits per heavy atom. The van der Waals surface area contributed by atoms with Gasteiger partial charge in [0.1, 0.15) is 0 Å². The lowest BCUT2D eigenvalue weighted by atomic mass is 10.1. The van der Waals surface area contributed by atoms with Crippen molar-refractivity contribution < 1.29 is 22.7 Å². The molecule has 2 aromatic rings. The summed E-state index contributed by atoms with van der Waals surface area (Å²) >= 11 is 5.11. The Hall–Kier alpha value is -3.08.